The molecule has 130 valence electrons. The summed E-state index contributed by atoms with van der Waals surface area (Å²) in [7, 11) is 0. The number of para-hydroxylation sites is 1. The van der Waals surface area contributed by atoms with Crippen molar-refractivity contribution in [3.8, 4) is 0 Å². The number of nitrogens with zero attached hydrogens (tertiary/aromatic N) is 1. The lowest BCUT2D eigenvalue weighted by Gasteiger charge is -2.26. The molecule has 2 amide bonds. The number of aromatic nitrogens is 1. The number of hydrogen-bond acceptors (Lipinski definition) is 3. The van der Waals surface area contributed by atoms with Gasteiger partial charge in [-0.1, -0.05) is 18.2 Å². The van der Waals surface area contributed by atoms with Gasteiger partial charge in [-0.2, -0.15) is 0 Å². The molecular formula is C19H21N3O3. The monoisotopic (exact) mass is 339 g/mol. The van der Waals surface area contributed by atoms with Crippen LogP contribution in [0.4, 0.5) is 0 Å². The number of rotatable bonds is 4. The highest BCUT2D eigenvalue weighted by Crippen LogP contribution is 2.11. The molecule has 6 heteroatoms. The molecule has 1 aliphatic rings. The SMILES string of the molecule is O=C(/C=C/c1cc2ccccc2[nH]c1=O)NCC(=O)N1CCCCC1. The second-order valence-corrected chi connectivity index (χ2v) is 6.13. The molecule has 0 spiro atoms. The predicted molar refractivity (Wildman–Crippen MR) is 97.0 cm³/mol. The third-order valence-corrected chi connectivity index (χ3v) is 4.32. The van der Waals surface area contributed by atoms with Gasteiger partial charge < -0.3 is 15.2 Å². The standard InChI is InChI=1S/C19H21N3O3/c23-17(20-13-18(24)22-10-4-1-5-11-22)9-8-15-12-14-6-2-3-7-16(14)21-19(15)25/h2-3,6-9,12H,1,4-5,10-11,13H2,(H,20,23)(H,21,25)/b9-8+. The fourth-order valence-corrected chi connectivity index (χ4v) is 2.93. The minimum absolute atomic E-state index is 0.0166. The van der Waals surface area contributed by atoms with Crippen LogP contribution in [0.5, 0.6) is 0 Å². The quantitative estimate of drug-likeness (QED) is 0.831. The summed E-state index contributed by atoms with van der Waals surface area (Å²) < 4.78 is 0. The second kappa shape index (κ2) is 7.79. The van der Waals surface area contributed by atoms with Crippen molar-refractivity contribution in [1.82, 2.24) is 15.2 Å². The molecule has 0 aliphatic carbocycles. The molecule has 1 fully saturated rings. The number of nitrogens with one attached hydrogen (secondary N) is 2. The fourth-order valence-electron chi connectivity index (χ4n) is 2.93. The summed E-state index contributed by atoms with van der Waals surface area (Å²) in [6, 6.07) is 9.17. The van der Waals surface area contributed by atoms with E-state index >= 15 is 0 Å². The van der Waals surface area contributed by atoms with Gasteiger partial charge in [0.2, 0.25) is 11.8 Å². The molecule has 3 rings (SSSR count). The Morgan fingerprint density at radius 1 is 1.16 bits per heavy atom. The van der Waals surface area contributed by atoms with Crippen LogP contribution in [0.1, 0.15) is 24.8 Å². The first kappa shape index (κ1) is 17.0. The third-order valence-electron chi connectivity index (χ3n) is 4.32. The Morgan fingerprint density at radius 3 is 2.72 bits per heavy atom. The third kappa shape index (κ3) is 4.35. The van der Waals surface area contributed by atoms with Crippen LogP contribution >= 0.6 is 0 Å². The van der Waals surface area contributed by atoms with E-state index < -0.39 is 5.91 Å². The van der Waals surface area contributed by atoms with E-state index in [2.05, 4.69) is 10.3 Å². The van der Waals surface area contributed by atoms with E-state index in [1.54, 1.807) is 11.0 Å². The minimum atomic E-state index is -0.391. The molecule has 2 heterocycles. The Kier molecular flexibility index (Phi) is 5.28. The molecule has 0 unspecified atom stereocenters. The fraction of sp³-hybridized carbons (Fsp3) is 0.316. The molecule has 1 aromatic heterocycles. The average Bonchev–Trinajstić information content (AvgIpc) is 2.65. The van der Waals surface area contributed by atoms with E-state index in [9.17, 15) is 14.4 Å². The number of benzene rings is 1. The molecule has 6 nitrogen and oxygen atoms in total. The average molecular weight is 339 g/mol. The second-order valence-electron chi connectivity index (χ2n) is 6.13. The number of hydrogen-bond donors (Lipinski definition) is 2. The number of likely N-dealkylation sites (tertiary alicyclic amines) is 1. The van der Waals surface area contributed by atoms with E-state index in [1.807, 2.05) is 24.3 Å². The summed E-state index contributed by atoms with van der Waals surface area (Å²) >= 11 is 0. The number of pyridine rings is 1. The van der Waals surface area contributed by atoms with Gasteiger partial charge in [0.05, 0.1) is 6.54 Å². The molecule has 2 aromatic rings. The topological polar surface area (TPSA) is 82.3 Å². The number of carbonyl (C=O) groups excluding carboxylic acids is 2. The number of carbonyl (C=O) groups is 2. The van der Waals surface area contributed by atoms with Gasteiger partial charge in [0.1, 0.15) is 0 Å². The van der Waals surface area contributed by atoms with Gasteiger partial charge in [0, 0.05) is 30.2 Å². The zero-order valence-electron chi connectivity index (χ0n) is 14.0. The van der Waals surface area contributed by atoms with Crippen molar-refractivity contribution in [2.24, 2.45) is 0 Å². The van der Waals surface area contributed by atoms with Gasteiger partial charge in [-0.05, 0) is 42.9 Å². The van der Waals surface area contributed by atoms with Crippen LogP contribution in [-0.4, -0.2) is 41.3 Å². The largest absolute Gasteiger partial charge is 0.343 e. The van der Waals surface area contributed by atoms with E-state index in [0.29, 0.717) is 5.56 Å². The lowest BCUT2D eigenvalue weighted by molar-refractivity contribution is -0.132. The summed E-state index contributed by atoms with van der Waals surface area (Å²) in [5.41, 5.74) is 0.893. The van der Waals surface area contributed by atoms with Crippen molar-refractivity contribution in [2.45, 2.75) is 19.3 Å². The molecule has 1 aliphatic heterocycles. The Hall–Kier alpha value is -2.89. The predicted octanol–water partition coefficient (Wildman–Crippen LogP) is 1.67. The lowest BCUT2D eigenvalue weighted by Crippen LogP contribution is -2.42. The summed E-state index contributed by atoms with van der Waals surface area (Å²) in [6.07, 6.45) is 5.93. The van der Waals surface area contributed by atoms with E-state index in [-0.39, 0.29) is 18.0 Å². The highest BCUT2D eigenvalue weighted by molar-refractivity contribution is 5.94. The number of amides is 2. The zero-order valence-corrected chi connectivity index (χ0v) is 14.0. The maximum Gasteiger partial charge on any atom is 0.255 e. The van der Waals surface area contributed by atoms with Crippen molar-refractivity contribution in [3.63, 3.8) is 0 Å². The molecule has 0 atom stereocenters. The Bertz CT molecular complexity index is 864. The van der Waals surface area contributed by atoms with Crippen molar-refractivity contribution < 1.29 is 9.59 Å². The van der Waals surface area contributed by atoms with Crippen LogP contribution in [0.2, 0.25) is 0 Å². The maximum absolute atomic E-state index is 12.0. The van der Waals surface area contributed by atoms with Crippen LogP contribution in [0, 0.1) is 0 Å². The van der Waals surface area contributed by atoms with Crippen molar-refractivity contribution >= 4 is 28.8 Å². The van der Waals surface area contributed by atoms with Gasteiger partial charge in [0.25, 0.3) is 5.56 Å². The number of aromatic amines is 1. The Morgan fingerprint density at radius 2 is 1.92 bits per heavy atom. The van der Waals surface area contributed by atoms with E-state index in [1.165, 1.54) is 12.2 Å². The Balaban J connectivity index is 1.59. The van der Waals surface area contributed by atoms with Crippen LogP contribution in [0.25, 0.3) is 17.0 Å². The summed E-state index contributed by atoms with van der Waals surface area (Å²) in [5.74, 6) is -0.456. The van der Waals surface area contributed by atoms with E-state index in [0.717, 1.165) is 43.3 Å². The molecule has 2 N–H and O–H groups in total. The van der Waals surface area contributed by atoms with Gasteiger partial charge >= 0.3 is 0 Å². The van der Waals surface area contributed by atoms with Gasteiger partial charge in [-0.25, -0.2) is 0 Å². The molecule has 1 aromatic carbocycles. The molecule has 0 radical (unpaired) electrons. The van der Waals surface area contributed by atoms with Gasteiger partial charge in [-0.15, -0.1) is 0 Å². The van der Waals surface area contributed by atoms with Gasteiger partial charge in [0.15, 0.2) is 0 Å². The summed E-state index contributed by atoms with van der Waals surface area (Å²) in [4.78, 5) is 40.5. The smallest absolute Gasteiger partial charge is 0.255 e. The molecule has 0 saturated carbocycles. The van der Waals surface area contributed by atoms with E-state index in [4.69, 9.17) is 0 Å². The van der Waals surface area contributed by atoms with Crippen LogP contribution in [-0.2, 0) is 9.59 Å². The highest BCUT2D eigenvalue weighted by Gasteiger charge is 2.16. The zero-order chi connectivity index (χ0) is 17.6. The van der Waals surface area contributed by atoms with Crippen molar-refractivity contribution in [1.29, 1.82) is 0 Å². The van der Waals surface area contributed by atoms with Crippen molar-refractivity contribution in [2.75, 3.05) is 19.6 Å². The molecular weight excluding hydrogens is 318 g/mol. The number of fused-ring (bicyclic) bond motifs is 1. The maximum atomic E-state index is 12.0. The van der Waals surface area contributed by atoms with Crippen LogP contribution in [0.15, 0.2) is 41.2 Å². The highest BCUT2D eigenvalue weighted by atomic mass is 16.2. The van der Waals surface area contributed by atoms with Crippen LogP contribution < -0.4 is 10.9 Å². The van der Waals surface area contributed by atoms with Crippen LogP contribution in [0.3, 0.4) is 0 Å². The Labute approximate surface area is 145 Å². The molecule has 25 heavy (non-hydrogen) atoms. The van der Waals surface area contributed by atoms with Gasteiger partial charge in [-0.3, -0.25) is 14.4 Å². The lowest BCUT2D eigenvalue weighted by atomic mass is 10.1. The first-order chi connectivity index (χ1) is 12.1. The molecule has 1 saturated heterocycles. The minimum Gasteiger partial charge on any atom is -0.343 e. The number of H-pyrrole nitrogens is 1. The number of piperidine rings is 1. The first-order valence-electron chi connectivity index (χ1n) is 8.49. The van der Waals surface area contributed by atoms with Crippen molar-refractivity contribution in [3.05, 3.63) is 52.3 Å². The molecule has 0 bridgehead atoms. The first-order valence-corrected chi connectivity index (χ1v) is 8.49. The normalized spacial score (nSPS) is 14.8. The summed E-state index contributed by atoms with van der Waals surface area (Å²) in [5, 5.41) is 3.47. The summed E-state index contributed by atoms with van der Waals surface area (Å²) in [6.45, 7) is 1.51.